The van der Waals surface area contributed by atoms with E-state index in [2.05, 4.69) is 26.2 Å². The molecule has 92 valence electrons. The summed E-state index contributed by atoms with van der Waals surface area (Å²) >= 11 is 9.24. The van der Waals surface area contributed by atoms with Crippen LogP contribution in [-0.2, 0) is 0 Å². The van der Waals surface area contributed by atoms with Gasteiger partial charge >= 0.3 is 0 Å². The second kappa shape index (κ2) is 5.37. The Hall–Kier alpha value is -1.59. The highest BCUT2D eigenvalue weighted by Gasteiger charge is 2.12. The van der Waals surface area contributed by atoms with E-state index in [-0.39, 0.29) is 11.3 Å². The van der Waals surface area contributed by atoms with Gasteiger partial charge in [-0.2, -0.15) is 0 Å². The van der Waals surface area contributed by atoms with E-state index in [0.717, 1.165) is 4.47 Å². The van der Waals surface area contributed by atoms with Gasteiger partial charge in [-0.15, -0.1) is 0 Å². The second-order valence-electron chi connectivity index (χ2n) is 3.47. The van der Waals surface area contributed by atoms with Gasteiger partial charge in [0.15, 0.2) is 0 Å². The zero-order valence-corrected chi connectivity index (χ0v) is 11.4. The van der Waals surface area contributed by atoms with Crippen molar-refractivity contribution in [3.63, 3.8) is 0 Å². The zero-order valence-electron chi connectivity index (χ0n) is 9.02. The second-order valence-corrected chi connectivity index (χ2v) is 4.79. The van der Waals surface area contributed by atoms with E-state index in [1.807, 2.05) is 0 Å². The van der Waals surface area contributed by atoms with Crippen LogP contribution in [0, 0.1) is 0 Å². The van der Waals surface area contributed by atoms with Crippen molar-refractivity contribution in [2.45, 2.75) is 0 Å². The predicted octanol–water partition coefficient (Wildman–Crippen LogP) is 3.46. The SMILES string of the molecule is O=C(Nc1cc(Br)ccc1Cl)c1ccncc1O. The molecule has 0 bridgehead atoms. The number of amides is 1. The molecule has 0 aliphatic carbocycles. The van der Waals surface area contributed by atoms with Crippen molar-refractivity contribution in [2.75, 3.05) is 5.32 Å². The monoisotopic (exact) mass is 326 g/mol. The first-order valence-corrected chi connectivity index (χ1v) is 6.14. The molecule has 0 unspecified atom stereocenters. The molecule has 0 spiro atoms. The molecular weight excluding hydrogens is 320 g/mol. The molecule has 2 N–H and O–H groups in total. The number of benzene rings is 1. The van der Waals surface area contributed by atoms with Gasteiger partial charge < -0.3 is 10.4 Å². The van der Waals surface area contributed by atoms with Crippen LogP contribution < -0.4 is 5.32 Å². The molecule has 1 heterocycles. The minimum atomic E-state index is -0.449. The fraction of sp³-hybridized carbons (Fsp3) is 0. The normalized spacial score (nSPS) is 10.1. The first-order chi connectivity index (χ1) is 8.58. The Labute approximate surface area is 117 Å². The summed E-state index contributed by atoms with van der Waals surface area (Å²) in [6.45, 7) is 0. The van der Waals surface area contributed by atoms with E-state index in [1.54, 1.807) is 18.2 Å². The van der Waals surface area contributed by atoms with E-state index < -0.39 is 5.91 Å². The van der Waals surface area contributed by atoms with Crippen molar-refractivity contribution >= 4 is 39.1 Å². The number of halogens is 2. The molecule has 0 radical (unpaired) electrons. The molecular formula is C12H8BrClN2O2. The van der Waals surface area contributed by atoms with Crippen LogP contribution in [0.2, 0.25) is 5.02 Å². The van der Waals surface area contributed by atoms with Crippen molar-refractivity contribution in [3.05, 3.63) is 51.7 Å². The van der Waals surface area contributed by atoms with Crippen LogP contribution in [0.3, 0.4) is 0 Å². The molecule has 0 saturated heterocycles. The molecule has 1 aromatic heterocycles. The summed E-state index contributed by atoms with van der Waals surface area (Å²) < 4.78 is 0.793. The standard InChI is InChI=1S/C12H8BrClN2O2/c13-7-1-2-9(14)10(5-7)16-12(18)8-3-4-15-6-11(8)17/h1-6,17H,(H,16,18). The van der Waals surface area contributed by atoms with Crippen molar-refractivity contribution in [1.29, 1.82) is 0 Å². The van der Waals surface area contributed by atoms with Crippen LogP contribution in [0.15, 0.2) is 41.1 Å². The highest BCUT2D eigenvalue weighted by Crippen LogP contribution is 2.26. The minimum Gasteiger partial charge on any atom is -0.505 e. The summed E-state index contributed by atoms with van der Waals surface area (Å²) in [5.41, 5.74) is 0.605. The smallest absolute Gasteiger partial charge is 0.259 e. The molecule has 1 amide bonds. The van der Waals surface area contributed by atoms with E-state index >= 15 is 0 Å². The van der Waals surface area contributed by atoms with Gasteiger partial charge in [-0.05, 0) is 24.3 Å². The van der Waals surface area contributed by atoms with Crippen molar-refractivity contribution in [3.8, 4) is 5.75 Å². The molecule has 0 saturated carbocycles. The lowest BCUT2D eigenvalue weighted by atomic mass is 10.2. The Bertz CT molecular complexity index is 604. The van der Waals surface area contributed by atoms with Crippen LogP contribution in [-0.4, -0.2) is 16.0 Å². The number of anilines is 1. The average Bonchev–Trinajstić information content (AvgIpc) is 2.34. The Morgan fingerprint density at radius 3 is 2.89 bits per heavy atom. The summed E-state index contributed by atoms with van der Waals surface area (Å²) in [7, 11) is 0. The number of carbonyl (C=O) groups excluding carboxylic acids is 1. The largest absolute Gasteiger partial charge is 0.505 e. The van der Waals surface area contributed by atoms with Gasteiger partial charge in [0.1, 0.15) is 5.75 Å². The van der Waals surface area contributed by atoms with Gasteiger partial charge in [0.25, 0.3) is 5.91 Å². The Balaban J connectivity index is 2.27. The molecule has 0 aliphatic rings. The maximum Gasteiger partial charge on any atom is 0.259 e. The first-order valence-electron chi connectivity index (χ1n) is 4.97. The van der Waals surface area contributed by atoms with Gasteiger partial charge in [-0.1, -0.05) is 27.5 Å². The molecule has 18 heavy (non-hydrogen) atoms. The van der Waals surface area contributed by atoms with E-state index in [4.69, 9.17) is 11.6 Å². The molecule has 4 nitrogen and oxygen atoms in total. The van der Waals surface area contributed by atoms with Gasteiger partial charge in [0.05, 0.1) is 22.5 Å². The number of aromatic hydroxyl groups is 1. The summed E-state index contributed by atoms with van der Waals surface area (Å²) in [5.74, 6) is -0.629. The maximum absolute atomic E-state index is 11.9. The zero-order chi connectivity index (χ0) is 13.1. The first kappa shape index (κ1) is 12.9. The molecule has 0 fully saturated rings. The molecule has 2 rings (SSSR count). The van der Waals surface area contributed by atoms with Crippen molar-refractivity contribution < 1.29 is 9.90 Å². The van der Waals surface area contributed by atoms with Crippen LogP contribution in [0.5, 0.6) is 5.75 Å². The van der Waals surface area contributed by atoms with Gasteiger partial charge in [-0.25, -0.2) is 0 Å². The lowest BCUT2D eigenvalue weighted by Crippen LogP contribution is -2.12. The number of aromatic nitrogens is 1. The molecule has 2 aromatic rings. The highest BCUT2D eigenvalue weighted by atomic mass is 79.9. The number of hydrogen-bond donors (Lipinski definition) is 2. The highest BCUT2D eigenvalue weighted by molar-refractivity contribution is 9.10. The number of carbonyl (C=O) groups is 1. The van der Waals surface area contributed by atoms with Crippen LogP contribution >= 0.6 is 27.5 Å². The van der Waals surface area contributed by atoms with E-state index in [0.29, 0.717) is 10.7 Å². The van der Waals surface area contributed by atoms with Crippen molar-refractivity contribution in [2.24, 2.45) is 0 Å². The Kier molecular flexibility index (Phi) is 3.84. The molecule has 1 aromatic carbocycles. The van der Waals surface area contributed by atoms with Crippen molar-refractivity contribution in [1.82, 2.24) is 4.98 Å². The average molecular weight is 328 g/mol. The number of hydrogen-bond acceptors (Lipinski definition) is 3. The van der Waals surface area contributed by atoms with E-state index in [9.17, 15) is 9.90 Å². The lowest BCUT2D eigenvalue weighted by Gasteiger charge is -2.08. The fourth-order valence-electron chi connectivity index (χ4n) is 1.36. The van der Waals surface area contributed by atoms with Crippen LogP contribution in [0.4, 0.5) is 5.69 Å². The molecule has 0 aliphatic heterocycles. The van der Waals surface area contributed by atoms with Gasteiger partial charge in [0.2, 0.25) is 0 Å². The minimum absolute atomic E-state index is 0.140. The molecule has 6 heteroatoms. The number of rotatable bonds is 2. The van der Waals surface area contributed by atoms with Crippen LogP contribution in [0.25, 0.3) is 0 Å². The number of nitrogens with one attached hydrogen (secondary N) is 1. The summed E-state index contributed by atoms with van der Waals surface area (Å²) in [4.78, 5) is 15.6. The summed E-state index contributed by atoms with van der Waals surface area (Å²) in [5, 5.41) is 12.6. The third-order valence-electron chi connectivity index (χ3n) is 2.22. The topological polar surface area (TPSA) is 62.2 Å². The van der Waals surface area contributed by atoms with E-state index in [1.165, 1.54) is 18.5 Å². The predicted molar refractivity (Wildman–Crippen MR) is 73.0 cm³/mol. The van der Waals surface area contributed by atoms with Gasteiger partial charge in [-0.3, -0.25) is 9.78 Å². The quantitative estimate of drug-likeness (QED) is 0.888. The number of pyridine rings is 1. The fourth-order valence-corrected chi connectivity index (χ4v) is 1.89. The maximum atomic E-state index is 11.9. The third-order valence-corrected chi connectivity index (χ3v) is 3.04. The summed E-state index contributed by atoms with van der Waals surface area (Å²) in [6, 6.07) is 6.53. The van der Waals surface area contributed by atoms with Gasteiger partial charge in [0, 0.05) is 10.7 Å². The lowest BCUT2D eigenvalue weighted by molar-refractivity contribution is 0.102. The van der Waals surface area contributed by atoms with Crippen LogP contribution in [0.1, 0.15) is 10.4 Å². The molecule has 0 atom stereocenters. The Morgan fingerprint density at radius 2 is 2.17 bits per heavy atom. The summed E-state index contributed by atoms with van der Waals surface area (Å²) in [6.07, 6.45) is 2.63. The Morgan fingerprint density at radius 1 is 1.39 bits per heavy atom. The number of nitrogens with zero attached hydrogens (tertiary/aromatic N) is 1. The third kappa shape index (κ3) is 2.80.